The lowest BCUT2D eigenvalue weighted by Crippen LogP contribution is -2.34. The number of pyridine rings is 1. The number of thiophene rings is 1. The Bertz CT molecular complexity index is 1110. The normalized spacial score (nSPS) is 16.0. The highest BCUT2D eigenvalue weighted by Gasteiger charge is 2.32. The molecule has 0 radical (unpaired) electrons. The van der Waals surface area contributed by atoms with Gasteiger partial charge in [0, 0.05) is 23.6 Å². The molecule has 0 spiro atoms. The minimum atomic E-state index is -0.521. The van der Waals surface area contributed by atoms with E-state index in [2.05, 4.69) is 5.32 Å². The van der Waals surface area contributed by atoms with Crippen LogP contribution in [0.15, 0.2) is 65.6 Å². The molecular formula is C20H16FN3O4S. The number of rotatable bonds is 5. The number of carbonyl (C=O) groups excluding carboxylic acids is 2. The molecule has 29 heavy (non-hydrogen) atoms. The fourth-order valence-electron chi connectivity index (χ4n) is 3.00. The van der Waals surface area contributed by atoms with Crippen molar-refractivity contribution in [1.29, 1.82) is 0 Å². The Hall–Kier alpha value is -3.46. The van der Waals surface area contributed by atoms with Crippen molar-refractivity contribution < 1.29 is 18.7 Å². The third kappa shape index (κ3) is 4.04. The molecule has 1 atom stereocenters. The van der Waals surface area contributed by atoms with Gasteiger partial charge in [0.1, 0.15) is 6.10 Å². The van der Waals surface area contributed by atoms with E-state index in [9.17, 15) is 18.8 Å². The van der Waals surface area contributed by atoms with E-state index in [1.54, 1.807) is 42.6 Å². The number of hydrogen-bond acceptors (Lipinski definition) is 5. The Morgan fingerprint density at radius 1 is 1.10 bits per heavy atom. The number of nitrogens with one attached hydrogen (secondary N) is 1. The first-order valence-electron chi connectivity index (χ1n) is 8.81. The Balaban J connectivity index is 1.39. The molecular weight excluding hydrogens is 397 g/mol. The Morgan fingerprint density at radius 3 is 2.55 bits per heavy atom. The number of halogens is 1. The van der Waals surface area contributed by atoms with Crippen LogP contribution in [0.4, 0.5) is 14.9 Å². The quantitative estimate of drug-likeness (QED) is 0.698. The number of ether oxygens (including phenoxy) is 1. The molecule has 7 nitrogen and oxygen atoms in total. The van der Waals surface area contributed by atoms with Crippen molar-refractivity contribution in [3.63, 3.8) is 0 Å². The molecule has 0 saturated carbocycles. The summed E-state index contributed by atoms with van der Waals surface area (Å²) in [5.74, 6) is -0.411. The lowest BCUT2D eigenvalue weighted by molar-refractivity contribution is 0.0920. The zero-order valence-corrected chi connectivity index (χ0v) is 15.9. The van der Waals surface area contributed by atoms with Crippen LogP contribution in [0, 0.1) is 5.13 Å². The van der Waals surface area contributed by atoms with Crippen LogP contribution in [0.5, 0.6) is 0 Å². The topological polar surface area (TPSA) is 80.6 Å². The van der Waals surface area contributed by atoms with E-state index >= 15 is 0 Å². The number of cyclic esters (lactones) is 1. The van der Waals surface area contributed by atoms with Gasteiger partial charge in [0.2, 0.25) is 0 Å². The number of nitrogens with zero attached hydrogens (tertiary/aromatic N) is 2. The van der Waals surface area contributed by atoms with Crippen LogP contribution in [0.2, 0.25) is 0 Å². The zero-order valence-electron chi connectivity index (χ0n) is 15.1. The summed E-state index contributed by atoms with van der Waals surface area (Å²) in [6.07, 6.45) is 0.628. The molecule has 0 unspecified atom stereocenters. The molecule has 1 saturated heterocycles. The van der Waals surface area contributed by atoms with Gasteiger partial charge < -0.3 is 10.1 Å². The average molecular weight is 413 g/mol. The SMILES string of the molecule is O=C(NC[C@H]1CN(c2ccc(-n3ccccc3=O)cc2)C(=O)O1)c1ccc(F)s1. The molecule has 0 bridgehead atoms. The second-order valence-electron chi connectivity index (χ2n) is 6.36. The van der Waals surface area contributed by atoms with E-state index in [-0.39, 0.29) is 23.5 Å². The van der Waals surface area contributed by atoms with Crippen molar-refractivity contribution in [2.24, 2.45) is 0 Å². The molecule has 1 aliphatic rings. The fourth-order valence-corrected chi connectivity index (χ4v) is 3.65. The van der Waals surface area contributed by atoms with Crippen LogP contribution in [-0.2, 0) is 4.74 Å². The predicted molar refractivity (Wildman–Crippen MR) is 106 cm³/mol. The maximum absolute atomic E-state index is 13.0. The van der Waals surface area contributed by atoms with Crippen molar-refractivity contribution in [2.75, 3.05) is 18.0 Å². The number of benzene rings is 1. The van der Waals surface area contributed by atoms with E-state index < -0.39 is 23.2 Å². The van der Waals surface area contributed by atoms with E-state index in [1.165, 1.54) is 27.7 Å². The summed E-state index contributed by atoms with van der Waals surface area (Å²) in [7, 11) is 0. The molecule has 148 valence electrons. The first kappa shape index (κ1) is 18.9. The van der Waals surface area contributed by atoms with Gasteiger partial charge in [0.05, 0.1) is 18.0 Å². The van der Waals surface area contributed by atoms with Gasteiger partial charge in [-0.05, 0) is 42.5 Å². The molecule has 1 N–H and O–H groups in total. The fraction of sp³-hybridized carbons (Fsp3) is 0.150. The molecule has 9 heteroatoms. The Kier molecular flexibility index (Phi) is 5.13. The lowest BCUT2D eigenvalue weighted by atomic mass is 10.2. The molecule has 2 aromatic heterocycles. The summed E-state index contributed by atoms with van der Waals surface area (Å²) in [5.41, 5.74) is 1.15. The highest BCUT2D eigenvalue weighted by atomic mass is 32.1. The average Bonchev–Trinajstić information content (AvgIpc) is 3.32. The minimum absolute atomic E-state index is 0.123. The molecule has 3 aromatic rings. The van der Waals surface area contributed by atoms with Crippen molar-refractivity contribution >= 4 is 29.0 Å². The first-order chi connectivity index (χ1) is 14.0. The molecule has 1 fully saturated rings. The van der Waals surface area contributed by atoms with Crippen molar-refractivity contribution in [3.8, 4) is 5.69 Å². The number of aromatic nitrogens is 1. The maximum Gasteiger partial charge on any atom is 0.414 e. The summed E-state index contributed by atoms with van der Waals surface area (Å²) >= 11 is 0.756. The van der Waals surface area contributed by atoms with Crippen molar-refractivity contribution in [3.05, 3.63) is 81.2 Å². The first-order valence-corrected chi connectivity index (χ1v) is 9.63. The smallest absolute Gasteiger partial charge is 0.414 e. The molecule has 1 aliphatic heterocycles. The van der Waals surface area contributed by atoms with Crippen LogP contribution in [0.3, 0.4) is 0 Å². The highest BCUT2D eigenvalue weighted by Crippen LogP contribution is 2.23. The summed E-state index contributed by atoms with van der Waals surface area (Å²) < 4.78 is 19.8. The summed E-state index contributed by atoms with van der Waals surface area (Å²) in [6.45, 7) is 0.390. The van der Waals surface area contributed by atoms with Crippen LogP contribution < -0.4 is 15.8 Å². The van der Waals surface area contributed by atoms with E-state index in [1.807, 2.05) is 0 Å². The summed E-state index contributed by atoms with van der Waals surface area (Å²) in [6, 6.07) is 14.5. The van der Waals surface area contributed by atoms with E-state index in [4.69, 9.17) is 4.74 Å². The van der Waals surface area contributed by atoms with Crippen molar-refractivity contribution in [2.45, 2.75) is 6.10 Å². The maximum atomic E-state index is 13.0. The van der Waals surface area contributed by atoms with Gasteiger partial charge in [-0.1, -0.05) is 6.07 Å². The van der Waals surface area contributed by atoms with Crippen LogP contribution in [0.25, 0.3) is 5.69 Å². The summed E-state index contributed by atoms with van der Waals surface area (Å²) in [5, 5.41) is 2.21. The molecule has 1 aromatic carbocycles. The van der Waals surface area contributed by atoms with Gasteiger partial charge in [-0.25, -0.2) is 4.79 Å². The standard InChI is InChI=1S/C20H16FN3O4S/c21-17-9-8-16(29-17)19(26)22-11-15-12-24(20(27)28-15)14-6-4-13(5-7-14)23-10-2-1-3-18(23)25/h1-10,15H,11-12H2,(H,22,26)/t15-/m0/s1. The van der Waals surface area contributed by atoms with Crippen LogP contribution in [0.1, 0.15) is 9.67 Å². The van der Waals surface area contributed by atoms with Gasteiger partial charge in [0.25, 0.3) is 11.5 Å². The van der Waals surface area contributed by atoms with Gasteiger partial charge in [-0.3, -0.25) is 19.1 Å². The Morgan fingerprint density at radius 2 is 1.86 bits per heavy atom. The molecule has 0 aliphatic carbocycles. The Labute approximate surface area is 169 Å². The highest BCUT2D eigenvalue weighted by molar-refractivity contribution is 7.12. The summed E-state index contributed by atoms with van der Waals surface area (Å²) in [4.78, 5) is 37.8. The largest absolute Gasteiger partial charge is 0.442 e. The molecule has 2 amide bonds. The van der Waals surface area contributed by atoms with Gasteiger partial charge in [-0.2, -0.15) is 4.39 Å². The van der Waals surface area contributed by atoms with Crippen LogP contribution >= 0.6 is 11.3 Å². The lowest BCUT2D eigenvalue weighted by Gasteiger charge is -2.14. The van der Waals surface area contributed by atoms with E-state index in [0.717, 1.165) is 11.3 Å². The van der Waals surface area contributed by atoms with Gasteiger partial charge in [-0.15, -0.1) is 11.3 Å². The number of carbonyl (C=O) groups is 2. The van der Waals surface area contributed by atoms with Gasteiger partial charge >= 0.3 is 6.09 Å². The number of hydrogen-bond donors (Lipinski definition) is 1. The number of amides is 2. The monoisotopic (exact) mass is 413 g/mol. The zero-order chi connectivity index (χ0) is 20.4. The second-order valence-corrected chi connectivity index (χ2v) is 7.39. The predicted octanol–water partition coefficient (Wildman–Crippen LogP) is 2.79. The third-order valence-corrected chi connectivity index (χ3v) is 5.30. The minimum Gasteiger partial charge on any atom is -0.442 e. The van der Waals surface area contributed by atoms with Crippen molar-refractivity contribution in [1.82, 2.24) is 9.88 Å². The molecule has 3 heterocycles. The van der Waals surface area contributed by atoms with Crippen LogP contribution in [-0.4, -0.2) is 35.8 Å². The van der Waals surface area contributed by atoms with E-state index in [0.29, 0.717) is 11.4 Å². The second kappa shape index (κ2) is 7.88. The van der Waals surface area contributed by atoms with Gasteiger partial charge in [0.15, 0.2) is 5.13 Å². The number of anilines is 1. The molecule has 4 rings (SSSR count). The third-order valence-electron chi connectivity index (χ3n) is 4.42.